The molecule has 1 unspecified atom stereocenters. The molecule has 0 radical (unpaired) electrons. The molecular formula is C19H17N3O4S2. The summed E-state index contributed by atoms with van der Waals surface area (Å²) < 4.78 is 27.5. The summed E-state index contributed by atoms with van der Waals surface area (Å²) in [7, 11) is -3.82. The number of thiazole rings is 1. The molecule has 1 aliphatic rings. The Balaban J connectivity index is 1.77. The molecule has 1 amide bonds. The normalized spacial score (nSPS) is 17.4. The van der Waals surface area contributed by atoms with Gasteiger partial charge in [0, 0.05) is 10.9 Å². The van der Waals surface area contributed by atoms with Gasteiger partial charge in [0.05, 0.1) is 33.7 Å². The number of nitrogens with zero attached hydrogens (tertiary/aromatic N) is 2. The van der Waals surface area contributed by atoms with Crippen LogP contribution in [0.15, 0.2) is 58.8 Å². The number of rotatable bonds is 4. The van der Waals surface area contributed by atoms with Crippen molar-refractivity contribution in [2.24, 2.45) is 0 Å². The molecule has 7 nitrogen and oxygen atoms in total. The smallest absolute Gasteiger partial charge is 0.265 e. The van der Waals surface area contributed by atoms with Gasteiger partial charge in [0.1, 0.15) is 0 Å². The van der Waals surface area contributed by atoms with Gasteiger partial charge in [0.15, 0.2) is 0 Å². The van der Waals surface area contributed by atoms with Crippen LogP contribution in [0.3, 0.4) is 0 Å². The van der Waals surface area contributed by atoms with Crippen LogP contribution in [0.4, 0.5) is 5.69 Å². The van der Waals surface area contributed by atoms with Gasteiger partial charge in [-0.25, -0.2) is 18.9 Å². The molecule has 0 fully saturated rings. The number of hydrogen-bond acceptors (Lipinski definition) is 6. The molecule has 3 aromatic rings. The Morgan fingerprint density at radius 2 is 1.93 bits per heavy atom. The van der Waals surface area contributed by atoms with E-state index in [1.165, 1.54) is 10.4 Å². The van der Waals surface area contributed by atoms with E-state index in [-0.39, 0.29) is 11.3 Å². The summed E-state index contributed by atoms with van der Waals surface area (Å²) in [6.45, 7) is 1.92. The van der Waals surface area contributed by atoms with Crippen LogP contribution in [0.25, 0.3) is 11.3 Å². The Morgan fingerprint density at radius 1 is 1.21 bits per heavy atom. The highest BCUT2D eigenvalue weighted by atomic mass is 32.2. The predicted octanol–water partition coefficient (Wildman–Crippen LogP) is 3.26. The quantitative estimate of drug-likeness (QED) is 0.503. The molecule has 9 heteroatoms. The molecular weight excluding hydrogens is 398 g/mol. The van der Waals surface area contributed by atoms with Gasteiger partial charge in [-0.2, -0.15) is 0 Å². The van der Waals surface area contributed by atoms with Gasteiger partial charge in [-0.15, -0.1) is 11.3 Å². The molecule has 28 heavy (non-hydrogen) atoms. The number of carbonyl (C=O) groups is 1. The maximum atomic E-state index is 13.1. The van der Waals surface area contributed by atoms with Crippen molar-refractivity contribution in [3.05, 3.63) is 64.5 Å². The van der Waals surface area contributed by atoms with Crippen molar-refractivity contribution in [1.82, 2.24) is 10.5 Å². The fourth-order valence-electron chi connectivity index (χ4n) is 3.40. The Kier molecular flexibility index (Phi) is 4.66. The average molecular weight is 415 g/mol. The minimum atomic E-state index is -3.82. The van der Waals surface area contributed by atoms with Gasteiger partial charge >= 0.3 is 0 Å². The summed E-state index contributed by atoms with van der Waals surface area (Å²) >= 11 is 1.54. The Labute approximate surface area is 166 Å². The zero-order chi connectivity index (χ0) is 19.9. The van der Waals surface area contributed by atoms with E-state index in [1.54, 1.807) is 47.1 Å². The molecule has 2 aromatic carbocycles. The molecule has 1 aliphatic heterocycles. The molecule has 2 heterocycles. The maximum absolute atomic E-state index is 13.1. The van der Waals surface area contributed by atoms with Crippen LogP contribution in [-0.4, -0.2) is 24.5 Å². The molecule has 0 saturated heterocycles. The van der Waals surface area contributed by atoms with E-state index in [4.69, 9.17) is 5.21 Å². The number of amides is 1. The second-order valence-corrected chi connectivity index (χ2v) is 9.24. The minimum absolute atomic E-state index is 0.171. The summed E-state index contributed by atoms with van der Waals surface area (Å²) in [6, 6.07) is 12.9. The molecule has 144 valence electrons. The highest BCUT2D eigenvalue weighted by molar-refractivity contribution is 7.93. The van der Waals surface area contributed by atoms with Gasteiger partial charge in [-0.05, 0) is 30.7 Å². The molecule has 0 spiro atoms. The van der Waals surface area contributed by atoms with Crippen LogP contribution in [0, 0.1) is 6.92 Å². The van der Waals surface area contributed by atoms with E-state index in [0.29, 0.717) is 11.3 Å². The van der Waals surface area contributed by atoms with E-state index in [9.17, 15) is 13.2 Å². The first-order valence-electron chi connectivity index (χ1n) is 8.50. The SMILES string of the molecule is Cc1nc(-c2ccc(N3C(CC(=O)NO)c4ccccc4S3(=O)=O)cc2)cs1. The van der Waals surface area contributed by atoms with E-state index < -0.39 is 22.0 Å². The number of nitrogens with one attached hydrogen (secondary N) is 1. The second-order valence-electron chi connectivity index (χ2n) is 6.39. The fourth-order valence-corrected chi connectivity index (χ4v) is 5.91. The highest BCUT2D eigenvalue weighted by Crippen LogP contribution is 2.44. The number of hydroxylamine groups is 1. The summed E-state index contributed by atoms with van der Waals surface area (Å²) in [6.07, 6.45) is -0.195. The summed E-state index contributed by atoms with van der Waals surface area (Å²) in [5.41, 5.74) is 4.28. The predicted molar refractivity (Wildman–Crippen MR) is 106 cm³/mol. The maximum Gasteiger partial charge on any atom is 0.265 e. The lowest BCUT2D eigenvalue weighted by Gasteiger charge is -2.25. The van der Waals surface area contributed by atoms with E-state index in [0.717, 1.165) is 16.3 Å². The molecule has 1 aromatic heterocycles. The Morgan fingerprint density at radius 3 is 2.57 bits per heavy atom. The first kappa shape index (κ1) is 18.6. The third-order valence-electron chi connectivity index (χ3n) is 4.64. The summed E-state index contributed by atoms with van der Waals surface area (Å²) in [5.74, 6) is -0.656. The van der Waals surface area contributed by atoms with Gasteiger partial charge in [0.25, 0.3) is 10.0 Å². The topological polar surface area (TPSA) is 99.6 Å². The van der Waals surface area contributed by atoms with Crippen LogP contribution < -0.4 is 9.79 Å². The highest BCUT2D eigenvalue weighted by Gasteiger charge is 2.43. The number of benzene rings is 2. The Hall–Kier alpha value is -2.75. The van der Waals surface area contributed by atoms with Gasteiger partial charge in [0.2, 0.25) is 5.91 Å². The number of carbonyl (C=O) groups excluding carboxylic acids is 1. The van der Waals surface area contributed by atoms with E-state index in [1.807, 2.05) is 24.4 Å². The first-order valence-corrected chi connectivity index (χ1v) is 10.8. The van der Waals surface area contributed by atoms with Crippen LogP contribution in [0.5, 0.6) is 0 Å². The number of aryl methyl sites for hydroxylation is 1. The number of hydrogen-bond donors (Lipinski definition) is 2. The fraction of sp³-hybridized carbons (Fsp3) is 0.158. The standard InChI is InChI=1S/C19H17N3O4S2/c1-12-20-16(11-27-12)13-6-8-14(9-7-13)22-17(10-19(23)21-24)15-4-2-3-5-18(15)28(22,25)26/h2-9,11,17,24H,10H2,1H3,(H,21,23). The zero-order valence-corrected chi connectivity index (χ0v) is 16.5. The van der Waals surface area contributed by atoms with Crippen molar-refractivity contribution in [3.63, 3.8) is 0 Å². The van der Waals surface area contributed by atoms with Crippen molar-refractivity contribution >= 4 is 33.0 Å². The summed E-state index contributed by atoms with van der Waals surface area (Å²) in [4.78, 5) is 16.4. The van der Waals surface area contributed by atoms with Crippen molar-refractivity contribution in [2.75, 3.05) is 4.31 Å². The number of anilines is 1. The van der Waals surface area contributed by atoms with Gasteiger partial charge in [-0.3, -0.25) is 14.3 Å². The van der Waals surface area contributed by atoms with Crippen molar-refractivity contribution in [2.45, 2.75) is 24.3 Å². The average Bonchev–Trinajstić information content (AvgIpc) is 3.22. The van der Waals surface area contributed by atoms with Crippen molar-refractivity contribution in [1.29, 1.82) is 0 Å². The molecule has 0 aliphatic carbocycles. The minimum Gasteiger partial charge on any atom is -0.289 e. The van der Waals surface area contributed by atoms with Crippen LogP contribution in [-0.2, 0) is 14.8 Å². The molecule has 4 rings (SSSR count). The largest absolute Gasteiger partial charge is 0.289 e. The van der Waals surface area contributed by atoms with E-state index >= 15 is 0 Å². The third-order valence-corrected chi connectivity index (χ3v) is 7.32. The molecule has 2 N–H and O–H groups in total. The zero-order valence-electron chi connectivity index (χ0n) is 14.9. The number of aromatic nitrogens is 1. The van der Waals surface area contributed by atoms with Crippen LogP contribution in [0.1, 0.15) is 23.0 Å². The van der Waals surface area contributed by atoms with Crippen LogP contribution in [0.2, 0.25) is 0 Å². The number of fused-ring (bicyclic) bond motifs is 1. The Bertz CT molecular complexity index is 1140. The third kappa shape index (κ3) is 3.07. The molecule has 0 bridgehead atoms. The first-order chi connectivity index (χ1) is 13.4. The van der Waals surface area contributed by atoms with E-state index in [2.05, 4.69) is 4.98 Å². The monoisotopic (exact) mass is 415 g/mol. The van der Waals surface area contributed by atoms with Gasteiger partial charge in [-0.1, -0.05) is 30.3 Å². The lowest BCUT2D eigenvalue weighted by molar-refractivity contribution is -0.129. The lowest BCUT2D eigenvalue weighted by atomic mass is 10.0. The molecule has 1 atom stereocenters. The number of sulfonamides is 1. The second kappa shape index (κ2) is 7.01. The van der Waals surface area contributed by atoms with Gasteiger partial charge < -0.3 is 0 Å². The lowest BCUT2D eigenvalue weighted by Crippen LogP contribution is -2.32. The molecule has 0 saturated carbocycles. The summed E-state index contributed by atoms with van der Waals surface area (Å²) in [5, 5.41) is 11.8. The van der Waals surface area contributed by atoms with Crippen molar-refractivity contribution in [3.8, 4) is 11.3 Å². The van der Waals surface area contributed by atoms with Crippen molar-refractivity contribution < 1.29 is 18.4 Å². The van der Waals surface area contributed by atoms with Crippen LogP contribution >= 0.6 is 11.3 Å².